The summed E-state index contributed by atoms with van der Waals surface area (Å²) < 4.78 is 11.7. The first-order chi connectivity index (χ1) is 18.5. The van der Waals surface area contributed by atoms with E-state index in [4.69, 9.17) is 9.47 Å². The second-order valence-electron chi connectivity index (χ2n) is 15.4. The number of carbonyl (C=O) groups is 2. The van der Waals surface area contributed by atoms with Crippen molar-refractivity contribution in [2.24, 2.45) is 51.2 Å². The van der Waals surface area contributed by atoms with Crippen molar-refractivity contribution in [3.05, 3.63) is 35.4 Å². The van der Waals surface area contributed by atoms with Crippen molar-refractivity contribution >= 4 is 12.4 Å². The third kappa shape index (κ3) is 4.12. The van der Waals surface area contributed by atoms with E-state index in [9.17, 15) is 9.59 Å². The van der Waals surface area contributed by atoms with Gasteiger partial charge in [-0.15, -0.1) is 0 Å². The van der Waals surface area contributed by atoms with Crippen LogP contribution in [0.15, 0.2) is 24.3 Å². The van der Waals surface area contributed by atoms with Crippen molar-refractivity contribution in [3.8, 4) is 0 Å². The molecule has 9 atom stereocenters. The molecule has 0 aliphatic heterocycles. The lowest BCUT2D eigenvalue weighted by molar-refractivity contribution is -0.219. The smallest absolute Gasteiger partial charge is 0.338 e. The van der Waals surface area contributed by atoms with Gasteiger partial charge in [0.1, 0.15) is 6.10 Å². The first kappa shape index (κ1) is 27.3. The van der Waals surface area contributed by atoms with Gasteiger partial charge in [-0.2, -0.15) is 0 Å². The normalized spacial score (nSPS) is 44.2. The molecule has 0 amide bonds. The minimum absolute atomic E-state index is 0.0284. The lowest BCUT2D eigenvalue weighted by Crippen LogP contribution is -2.63. The SMILES string of the molecule is Cc1ccc(C(=O)OCC23CCCC2C2CCC4C(C)(CCC5C(C)(C)C(OC=O)CCC54C)C2CC3)cc1. The molecule has 0 radical (unpaired) electrons. The second kappa shape index (κ2) is 9.62. The largest absolute Gasteiger partial charge is 0.464 e. The highest BCUT2D eigenvalue weighted by atomic mass is 16.5. The molecule has 5 saturated carbocycles. The van der Waals surface area contributed by atoms with Crippen LogP contribution in [0.4, 0.5) is 0 Å². The Kier molecular flexibility index (Phi) is 6.74. The molecule has 1 aromatic carbocycles. The standard InChI is InChI=1S/C35H50O4/c1-23-8-10-24(11-9-23)31(37)38-21-35-17-6-7-27(35)25-12-13-29-33(4,26(25)14-20-35)18-15-28-32(2,3)30(39-22-36)16-19-34(28,29)5/h8-11,22,25-30H,6-7,12-21H2,1-5H3. The molecule has 1 aromatic rings. The minimum atomic E-state index is -0.157. The number of carbonyl (C=O) groups excluding carboxylic acids is 2. The zero-order valence-corrected chi connectivity index (χ0v) is 25.0. The van der Waals surface area contributed by atoms with Crippen LogP contribution >= 0.6 is 0 Å². The highest BCUT2D eigenvalue weighted by Crippen LogP contribution is 2.73. The third-order valence-electron chi connectivity index (χ3n) is 13.6. The Hall–Kier alpha value is -1.84. The molecule has 0 spiro atoms. The molecule has 214 valence electrons. The Morgan fingerprint density at radius 3 is 2.33 bits per heavy atom. The summed E-state index contributed by atoms with van der Waals surface area (Å²) >= 11 is 0. The highest BCUT2D eigenvalue weighted by Gasteiger charge is 2.66. The van der Waals surface area contributed by atoms with Crippen molar-refractivity contribution in [3.63, 3.8) is 0 Å². The lowest BCUT2D eigenvalue weighted by Gasteiger charge is -2.69. The summed E-state index contributed by atoms with van der Waals surface area (Å²) in [5.41, 5.74) is 2.75. The zero-order chi connectivity index (χ0) is 27.6. The molecule has 0 N–H and O–H groups in total. The fourth-order valence-electron chi connectivity index (χ4n) is 11.9. The maximum Gasteiger partial charge on any atom is 0.338 e. The number of fused-ring (bicyclic) bond motifs is 7. The quantitative estimate of drug-likeness (QED) is 0.282. The molecule has 0 bridgehead atoms. The van der Waals surface area contributed by atoms with Gasteiger partial charge in [0.2, 0.25) is 0 Å². The number of hydrogen-bond acceptors (Lipinski definition) is 4. The third-order valence-corrected chi connectivity index (χ3v) is 13.6. The van der Waals surface area contributed by atoms with Gasteiger partial charge in [-0.05, 0) is 124 Å². The van der Waals surface area contributed by atoms with E-state index in [0.29, 0.717) is 41.3 Å². The topological polar surface area (TPSA) is 52.6 Å². The summed E-state index contributed by atoms with van der Waals surface area (Å²) in [5, 5.41) is 0. The van der Waals surface area contributed by atoms with E-state index >= 15 is 0 Å². The van der Waals surface area contributed by atoms with Crippen LogP contribution in [-0.4, -0.2) is 25.2 Å². The van der Waals surface area contributed by atoms with E-state index < -0.39 is 0 Å². The Balaban J connectivity index is 1.20. The fourth-order valence-corrected chi connectivity index (χ4v) is 11.9. The van der Waals surface area contributed by atoms with Crippen molar-refractivity contribution in [2.45, 2.75) is 111 Å². The average molecular weight is 535 g/mol. The molecule has 0 aromatic heterocycles. The van der Waals surface area contributed by atoms with Crippen LogP contribution in [0, 0.1) is 58.2 Å². The molecular formula is C35H50O4. The maximum absolute atomic E-state index is 12.9. The van der Waals surface area contributed by atoms with Crippen LogP contribution in [0.2, 0.25) is 0 Å². The number of hydrogen-bond donors (Lipinski definition) is 0. The van der Waals surface area contributed by atoms with Crippen LogP contribution in [0.5, 0.6) is 0 Å². The van der Waals surface area contributed by atoms with Crippen LogP contribution in [-0.2, 0) is 14.3 Å². The summed E-state index contributed by atoms with van der Waals surface area (Å²) in [6, 6.07) is 7.79. The summed E-state index contributed by atoms with van der Waals surface area (Å²) in [6.07, 6.45) is 13.7. The van der Waals surface area contributed by atoms with Crippen LogP contribution in [0.1, 0.15) is 114 Å². The first-order valence-electron chi connectivity index (χ1n) is 15.9. The van der Waals surface area contributed by atoms with Gasteiger partial charge in [-0.3, -0.25) is 4.79 Å². The molecule has 9 unspecified atom stereocenters. The number of esters is 1. The van der Waals surface area contributed by atoms with Crippen molar-refractivity contribution in [1.29, 1.82) is 0 Å². The Morgan fingerprint density at radius 1 is 0.846 bits per heavy atom. The Labute approximate surface area is 236 Å². The van der Waals surface area contributed by atoms with Crippen LogP contribution in [0.3, 0.4) is 0 Å². The molecule has 4 nitrogen and oxygen atoms in total. The van der Waals surface area contributed by atoms with Gasteiger partial charge in [-0.25, -0.2) is 4.79 Å². The fraction of sp³-hybridized carbons (Fsp3) is 0.771. The van der Waals surface area contributed by atoms with Gasteiger partial charge in [-0.1, -0.05) is 51.8 Å². The molecule has 6 rings (SSSR count). The minimum Gasteiger partial charge on any atom is -0.464 e. The number of ether oxygens (including phenoxy) is 2. The molecule has 0 saturated heterocycles. The summed E-state index contributed by atoms with van der Waals surface area (Å²) in [6.45, 7) is 13.3. The Morgan fingerprint density at radius 2 is 1.59 bits per heavy atom. The zero-order valence-electron chi connectivity index (χ0n) is 25.0. The molecule has 5 aliphatic rings. The van der Waals surface area contributed by atoms with E-state index in [0.717, 1.165) is 29.7 Å². The van der Waals surface area contributed by atoms with Crippen molar-refractivity contribution < 1.29 is 19.1 Å². The predicted octanol–water partition coefficient (Wildman–Crippen LogP) is 8.16. The monoisotopic (exact) mass is 534 g/mol. The van der Waals surface area contributed by atoms with E-state index in [1.807, 2.05) is 31.2 Å². The predicted molar refractivity (Wildman–Crippen MR) is 153 cm³/mol. The van der Waals surface area contributed by atoms with Gasteiger partial charge in [0.25, 0.3) is 6.47 Å². The molecule has 39 heavy (non-hydrogen) atoms. The van der Waals surface area contributed by atoms with E-state index in [-0.39, 0.29) is 22.9 Å². The van der Waals surface area contributed by atoms with Gasteiger partial charge in [0.15, 0.2) is 0 Å². The van der Waals surface area contributed by atoms with Crippen LogP contribution in [0.25, 0.3) is 0 Å². The van der Waals surface area contributed by atoms with Gasteiger partial charge in [0, 0.05) is 10.8 Å². The lowest BCUT2D eigenvalue weighted by atomic mass is 9.36. The second-order valence-corrected chi connectivity index (χ2v) is 15.4. The van der Waals surface area contributed by atoms with Gasteiger partial charge >= 0.3 is 5.97 Å². The molecule has 5 fully saturated rings. The van der Waals surface area contributed by atoms with Crippen molar-refractivity contribution in [2.75, 3.05) is 6.61 Å². The Bertz CT molecular complexity index is 1090. The summed E-state index contributed by atoms with van der Waals surface area (Å²) in [4.78, 5) is 24.2. The molecule has 0 heterocycles. The summed E-state index contributed by atoms with van der Waals surface area (Å²) in [7, 11) is 0. The van der Waals surface area contributed by atoms with E-state index in [2.05, 4.69) is 27.7 Å². The first-order valence-corrected chi connectivity index (χ1v) is 15.9. The number of rotatable bonds is 5. The van der Waals surface area contributed by atoms with Crippen molar-refractivity contribution in [1.82, 2.24) is 0 Å². The van der Waals surface area contributed by atoms with Crippen LogP contribution < -0.4 is 0 Å². The molecule has 4 heteroatoms. The van der Waals surface area contributed by atoms with E-state index in [1.165, 1.54) is 64.2 Å². The van der Waals surface area contributed by atoms with E-state index in [1.54, 1.807) is 0 Å². The van der Waals surface area contributed by atoms with Gasteiger partial charge in [0.05, 0.1) is 12.2 Å². The van der Waals surface area contributed by atoms with Gasteiger partial charge < -0.3 is 9.47 Å². The number of benzene rings is 1. The molecular weight excluding hydrogens is 484 g/mol. The average Bonchev–Trinajstić information content (AvgIpc) is 3.34. The highest BCUT2D eigenvalue weighted by molar-refractivity contribution is 5.89. The summed E-state index contributed by atoms with van der Waals surface area (Å²) in [5.74, 6) is 3.44. The number of aryl methyl sites for hydroxylation is 1. The maximum atomic E-state index is 12.9. The molecule has 5 aliphatic carbocycles.